The SMILES string of the molecule is COc1cccc(C2(CNC(=O)Nc3c(C(C)C)cc(NC(=O)OC(C)(C)C)cc3C(C)C)CCN(c3ccccc3O)CC2)c1. The lowest BCUT2D eigenvalue weighted by molar-refractivity contribution is 0.0636. The number of nitrogens with zero attached hydrogens (tertiary/aromatic N) is 1. The monoisotopic (exact) mass is 630 g/mol. The number of amides is 3. The van der Waals surface area contributed by atoms with E-state index in [1.807, 2.05) is 63.2 Å². The van der Waals surface area contributed by atoms with Crippen LogP contribution in [0.4, 0.5) is 26.7 Å². The first-order chi connectivity index (χ1) is 21.7. The number of phenols is 1. The second kappa shape index (κ2) is 14.4. The molecule has 0 aromatic heterocycles. The van der Waals surface area contributed by atoms with Gasteiger partial charge in [-0.2, -0.15) is 0 Å². The largest absolute Gasteiger partial charge is 0.506 e. The van der Waals surface area contributed by atoms with Crippen LogP contribution < -0.4 is 25.6 Å². The highest BCUT2D eigenvalue weighted by Crippen LogP contribution is 2.40. The van der Waals surface area contributed by atoms with E-state index in [-0.39, 0.29) is 29.0 Å². The minimum Gasteiger partial charge on any atom is -0.506 e. The van der Waals surface area contributed by atoms with Gasteiger partial charge in [0.1, 0.15) is 17.1 Å². The highest BCUT2D eigenvalue weighted by Gasteiger charge is 2.37. The number of hydrogen-bond acceptors (Lipinski definition) is 6. The van der Waals surface area contributed by atoms with Crippen molar-refractivity contribution >= 4 is 29.2 Å². The fraction of sp³-hybridized carbons (Fsp3) is 0.459. The molecule has 1 saturated heterocycles. The number of nitrogens with one attached hydrogen (secondary N) is 3. The number of carbonyl (C=O) groups is 2. The van der Waals surface area contributed by atoms with E-state index >= 15 is 0 Å². The van der Waals surface area contributed by atoms with Crippen molar-refractivity contribution < 1.29 is 24.2 Å². The molecule has 0 bridgehead atoms. The number of phenolic OH excluding ortho intramolecular Hbond substituents is 1. The Hall–Kier alpha value is -4.40. The van der Waals surface area contributed by atoms with Crippen LogP contribution >= 0.6 is 0 Å². The average molecular weight is 631 g/mol. The quantitative estimate of drug-likeness (QED) is 0.189. The van der Waals surface area contributed by atoms with Crippen molar-refractivity contribution in [3.05, 3.63) is 77.4 Å². The number of piperidine rings is 1. The maximum absolute atomic E-state index is 13.7. The van der Waals surface area contributed by atoms with E-state index in [2.05, 4.69) is 60.7 Å². The normalized spacial score (nSPS) is 14.6. The van der Waals surface area contributed by atoms with E-state index < -0.39 is 11.7 Å². The average Bonchev–Trinajstić information content (AvgIpc) is 3.00. The molecule has 0 saturated carbocycles. The molecular formula is C37H50N4O5. The number of rotatable bonds is 9. The Kier molecular flexibility index (Phi) is 10.8. The van der Waals surface area contributed by atoms with Crippen LogP contribution in [0.3, 0.4) is 0 Å². The lowest BCUT2D eigenvalue weighted by Gasteiger charge is -2.43. The number of ether oxygens (including phenoxy) is 2. The lowest BCUT2D eigenvalue weighted by Crippen LogP contribution is -2.49. The zero-order valence-corrected chi connectivity index (χ0v) is 28.5. The highest BCUT2D eigenvalue weighted by atomic mass is 16.6. The molecule has 0 aliphatic carbocycles. The number of urea groups is 1. The first-order valence-corrected chi connectivity index (χ1v) is 16.1. The molecule has 9 nitrogen and oxygen atoms in total. The molecule has 0 radical (unpaired) electrons. The standard InChI is InChI=1S/C37H50N4O5/c1-24(2)29-21-27(39-35(44)46-36(5,6)7)22-30(25(3)4)33(29)40-34(43)38-23-37(26-12-11-13-28(20-26)45-8)16-18-41(19-17-37)31-14-9-10-15-32(31)42/h9-15,20-22,24-25,42H,16-19,23H2,1-8H3,(H,39,44)(H2,38,40,43). The molecule has 46 heavy (non-hydrogen) atoms. The summed E-state index contributed by atoms with van der Waals surface area (Å²) in [5.41, 5.74) is 4.19. The number of para-hydroxylation sites is 2. The number of methoxy groups -OCH3 is 1. The van der Waals surface area contributed by atoms with Crippen molar-refractivity contribution in [1.29, 1.82) is 0 Å². The molecule has 1 heterocycles. The molecule has 9 heteroatoms. The summed E-state index contributed by atoms with van der Waals surface area (Å²) in [7, 11) is 1.66. The highest BCUT2D eigenvalue weighted by molar-refractivity contribution is 5.93. The van der Waals surface area contributed by atoms with Crippen molar-refractivity contribution in [3.63, 3.8) is 0 Å². The van der Waals surface area contributed by atoms with E-state index in [9.17, 15) is 14.7 Å². The summed E-state index contributed by atoms with van der Waals surface area (Å²) >= 11 is 0. The maximum atomic E-state index is 13.7. The van der Waals surface area contributed by atoms with Gasteiger partial charge < -0.3 is 30.1 Å². The molecule has 3 aromatic carbocycles. The maximum Gasteiger partial charge on any atom is 0.412 e. The van der Waals surface area contributed by atoms with Gasteiger partial charge >= 0.3 is 12.1 Å². The zero-order chi connectivity index (χ0) is 33.6. The zero-order valence-electron chi connectivity index (χ0n) is 28.5. The molecule has 4 N–H and O–H groups in total. The molecule has 3 amide bonds. The minimum atomic E-state index is -0.617. The first kappa shape index (κ1) is 34.5. The topological polar surface area (TPSA) is 112 Å². The van der Waals surface area contributed by atoms with E-state index in [4.69, 9.17) is 9.47 Å². The number of hydrogen-bond donors (Lipinski definition) is 4. The Morgan fingerprint density at radius 1 is 0.913 bits per heavy atom. The van der Waals surface area contributed by atoms with Crippen LogP contribution in [-0.4, -0.2) is 49.6 Å². The van der Waals surface area contributed by atoms with Crippen molar-refractivity contribution in [1.82, 2.24) is 5.32 Å². The predicted octanol–water partition coefficient (Wildman–Crippen LogP) is 8.35. The Balaban J connectivity index is 1.57. The van der Waals surface area contributed by atoms with Crippen LogP contribution in [-0.2, 0) is 10.2 Å². The van der Waals surface area contributed by atoms with Gasteiger partial charge in [0.15, 0.2) is 0 Å². The van der Waals surface area contributed by atoms with E-state index in [1.165, 1.54) is 0 Å². The summed E-state index contributed by atoms with van der Waals surface area (Å²) < 4.78 is 11.0. The molecule has 4 rings (SSSR count). The molecular weight excluding hydrogens is 580 g/mol. The number of benzene rings is 3. The fourth-order valence-corrected chi connectivity index (χ4v) is 6.07. The Morgan fingerprint density at radius 3 is 2.11 bits per heavy atom. The summed E-state index contributed by atoms with van der Waals surface area (Å²) in [6.45, 7) is 15.6. The molecule has 0 atom stereocenters. The van der Waals surface area contributed by atoms with Gasteiger partial charge in [0.05, 0.1) is 12.8 Å². The minimum absolute atomic E-state index is 0.0787. The molecule has 1 fully saturated rings. The molecule has 1 aliphatic heterocycles. The second-order valence-electron chi connectivity index (χ2n) is 13.8. The first-order valence-electron chi connectivity index (χ1n) is 16.1. The van der Waals surface area contributed by atoms with Crippen molar-refractivity contribution in [2.45, 2.75) is 84.2 Å². The van der Waals surface area contributed by atoms with Gasteiger partial charge in [-0.3, -0.25) is 5.32 Å². The third-order valence-corrected chi connectivity index (χ3v) is 8.54. The third-order valence-electron chi connectivity index (χ3n) is 8.54. The molecule has 0 spiro atoms. The van der Waals surface area contributed by atoms with Crippen molar-refractivity contribution in [3.8, 4) is 11.5 Å². The molecule has 248 valence electrons. The van der Waals surface area contributed by atoms with E-state index in [0.29, 0.717) is 12.2 Å². The third kappa shape index (κ3) is 8.44. The Labute approximate surface area is 273 Å². The molecule has 1 aliphatic rings. The van der Waals surface area contributed by atoms with Crippen LogP contribution in [0.1, 0.15) is 89.8 Å². The lowest BCUT2D eigenvalue weighted by atomic mass is 9.72. The van der Waals surface area contributed by atoms with Crippen LogP contribution in [0.5, 0.6) is 11.5 Å². The van der Waals surface area contributed by atoms with Crippen molar-refractivity contribution in [2.75, 3.05) is 42.3 Å². The van der Waals surface area contributed by atoms with Crippen LogP contribution in [0.25, 0.3) is 0 Å². The molecule has 3 aromatic rings. The Bertz CT molecular complexity index is 1490. The van der Waals surface area contributed by atoms with E-state index in [0.717, 1.165) is 59.7 Å². The van der Waals surface area contributed by atoms with Crippen LogP contribution in [0, 0.1) is 0 Å². The summed E-state index contributed by atoms with van der Waals surface area (Å²) in [6, 6.07) is 19.0. The smallest absolute Gasteiger partial charge is 0.412 e. The van der Waals surface area contributed by atoms with Gasteiger partial charge in [-0.25, -0.2) is 9.59 Å². The summed E-state index contributed by atoms with van der Waals surface area (Å²) in [4.78, 5) is 28.4. The summed E-state index contributed by atoms with van der Waals surface area (Å²) in [5, 5.41) is 19.7. The number of carbonyl (C=O) groups excluding carboxylic acids is 2. The van der Waals surface area contributed by atoms with Crippen molar-refractivity contribution in [2.24, 2.45) is 0 Å². The molecule has 0 unspecified atom stereocenters. The Morgan fingerprint density at radius 2 is 1.54 bits per heavy atom. The second-order valence-corrected chi connectivity index (χ2v) is 13.8. The summed E-state index contributed by atoms with van der Waals surface area (Å²) in [5.74, 6) is 1.20. The predicted molar refractivity (Wildman–Crippen MR) is 186 cm³/mol. The van der Waals surface area contributed by atoms with Gasteiger partial charge in [0.2, 0.25) is 0 Å². The van der Waals surface area contributed by atoms with Gasteiger partial charge in [0, 0.05) is 36.4 Å². The van der Waals surface area contributed by atoms with Gasteiger partial charge in [-0.1, -0.05) is 52.0 Å². The number of anilines is 3. The summed E-state index contributed by atoms with van der Waals surface area (Å²) in [6.07, 6.45) is 1.02. The van der Waals surface area contributed by atoms with Gasteiger partial charge in [-0.15, -0.1) is 0 Å². The van der Waals surface area contributed by atoms with Crippen LogP contribution in [0.2, 0.25) is 0 Å². The van der Waals surface area contributed by atoms with Gasteiger partial charge in [-0.05, 0) is 98.5 Å². The number of aromatic hydroxyl groups is 1. The fourth-order valence-electron chi connectivity index (χ4n) is 6.07. The van der Waals surface area contributed by atoms with Crippen LogP contribution in [0.15, 0.2) is 60.7 Å². The van der Waals surface area contributed by atoms with E-state index in [1.54, 1.807) is 13.2 Å². The van der Waals surface area contributed by atoms with Gasteiger partial charge in [0.25, 0.3) is 0 Å².